The van der Waals surface area contributed by atoms with E-state index < -0.39 is 0 Å². The highest BCUT2D eigenvalue weighted by Crippen LogP contribution is 2.21. The lowest BCUT2D eigenvalue weighted by molar-refractivity contribution is 0.0649. The van der Waals surface area contributed by atoms with E-state index >= 15 is 0 Å². The van der Waals surface area contributed by atoms with Crippen LogP contribution in [0.4, 0.5) is 5.69 Å². The summed E-state index contributed by atoms with van der Waals surface area (Å²) in [5.41, 5.74) is 7.93. The van der Waals surface area contributed by atoms with Gasteiger partial charge in [-0.05, 0) is 30.5 Å². The largest absolute Gasteiger partial charge is 0.378 e. The maximum Gasteiger partial charge on any atom is 0.253 e. The van der Waals surface area contributed by atoms with Crippen LogP contribution in [-0.4, -0.2) is 44.0 Å². The third-order valence-electron chi connectivity index (χ3n) is 4.21. The average molecular weight is 275 g/mol. The van der Waals surface area contributed by atoms with E-state index in [1.165, 1.54) is 0 Å². The summed E-state index contributed by atoms with van der Waals surface area (Å²) in [4.78, 5) is 16.6. The fourth-order valence-corrected chi connectivity index (χ4v) is 2.77. The molecule has 1 amide bonds. The van der Waals surface area contributed by atoms with Crippen LogP contribution in [0.15, 0.2) is 24.3 Å². The molecule has 0 spiro atoms. The normalized spacial score (nSPS) is 22.7. The van der Waals surface area contributed by atoms with E-state index in [-0.39, 0.29) is 11.9 Å². The van der Waals surface area contributed by atoms with Gasteiger partial charge in [0.05, 0.1) is 0 Å². The summed E-state index contributed by atoms with van der Waals surface area (Å²) in [5, 5.41) is 0. The lowest BCUT2D eigenvalue weighted by Gasteiger charge is -2.36. The molecule has 1 heterocycles. The van der Waals surface area contributed by atoms with Crippen molar-refractivity contribution in [3.63, 3.8) is 0 Å². The Morgan fingerprint density at radius 1 is 1.45 bits per heavy atom. The smallest absolute Gasteiger partial charge is 0.253 e. The van der Waals surface area contributed by atoms with Crippen LogP contribution in [0.5, 0.6) is 0 Å². The molecular weight excluding hydrogens is 250 g/mol. The molecule has 20 heavy (non-hydrogen) atoms. The summed E-state index contributed by atoms with van der Waals surface area (Å²) in [7, 11) is 3.97. The van der Waals surface area contributed by atoms with Crippen molar-refractivity contribution in [2.75, 3.05) is 32.1 Å². The van der Waals surface area contributed by atoms with Crippen molar-refractivity contribution in [1.82, 2.24) is 4.90 Å². The molecule has 0 radical (unpaired) electrons. The van der Waals surface area contributed by atoms with E-state index in [0.717, 1.165) is 37.2 Å². The molecule has 0 aromatic heterocycles. The monoisotopic (exact) mass is 275 g/mol. The summed E-state index contributed by atoms with van der Waals surface area (Å²) in [6.45, 7) is 3.69. The molecule has 4 nitrogen and oxygen atoms in total. The van der Waals surface area contributed by atoms with Gasteiger partial charge in [-0.25, -0.2) is 0 Å². The highest BCUT2D eigenvalue weighted by Gasteiger charge is 2.28. The van der Waals surface area contributed by atoms with Gasteiger partial charge in [0.25, 0.3) is 5.91 Å². The number of anilines is 1. The second kappa shape index (κ2) is 6.27. The quantitative estimate of drug-likeness (QED) is 0.917. The van der Waals surface area contributed by atoms with Crippen LogP contribution in [0.25, 0.3) is 0 Å². The molecule has 0 bridgehead atoms. The predicted molar refractivity (Wildman–Crippen MR) is 83.0 cm³/mol. The Kier molecular flexibility index (Phi) is 4.65. The van der Waals surface area contributed by atoms with Gasteiger partial charge < -0.3 is 15.5 Å². The molecule has 2 N–H and O–H groups in total. The first kappa shape index (κ1) is 14.9. The fourth-order valence-electron chi connectivity index (χ4n) is 2.77. The molecule has 1 aromatic carbocycles. The molecule has 0 saturated carbocycles. The minimum Gasteiger partial charge on any atom is -0.378 e. The van der Waals surface area contributed by atoms with E-state index in [1.807, 2.05) is 48.2 Å². The minimum absolute atomic E-state index is 0.124. The van der Waals surface area contributed by atoms with Gasteiger partial charge in [0.1, 0.15) is 0 Å². The number of hydrogen-bond donors (Lipinski definition) is 1. The first-order valence-corrected chi connectivity index (χ1v) is 7.35. The number of piperidine rings is 1. The zero-order valence-electron chi connectivity index (χ0n) is 12.7. The minimum atomic E-state index is 0.124. The van der Waals surface area contributed by atoms with Crippen LogP contribution >= 0.6 is 0 Å². The van der Waals surface area contributed by atoms with E-state index in [4.69, 9.17) is 5.73 Å². The van der Waals surface area contributed by atoms with Gasteiger partial charge in [-0.1, -0.05) is 19.4 Å². The van der Waals surface area contributed by atoms with E-state index in [0.29, 0.717) is 5.92 Å². The summed E-state index contributed by atoms with van der Waals surface area (Å²) in [6, 6.07) is 8.04. The maximum atomic E-state index is 12.6. The van der Waals surface area contributed by atoms with Gasteiger partial charge in [0.15, 0.2) is 0 Å². The number of carbonyl (C=O) groups is 1. The molecule has 110 valence electrons. The topological polar surface area (TPSA) is 49.6 Å². The second-order valence-electron chi connectivity index (χ2n) is 5.82. The van der Waals surface area contributed by atoms with Gasteiger partial charge in [0, 0.05) is 44.5 Å². The standard InChI is InChI=1S/C16H25N3O/c1-4-12-11-19(9-8-15(12)17)16(20)13-6-5-7-14(10-13)18(2)3/h5-7,10,12,15H,4,8-9,11,17H2,1-3H3. The number of benzene rings is 1. The van der Waals surface area contributed by atoms with Gasteiger partial charge in [0.2, 0.25) is 0 Å². The molecule has 2 unspecified atom stereocenters. The van der Waals surface area contributed by atoms with Crippen LogP contribution < -0.4 is 10.6 Å². The van der Waals surface area contributed by atoms with Crippen molar-refractivity contribution in [2.24, 2.45) is 11.7 Å². The van der Waals surface area contributed by atoms with Crippen molar-refractivity contribution in [2.45, 2.75) is 25.8 Å². The van der Waals surface area contributed by atoms with Crippen LogP contribution in [0, 0.1) is 5.92 Å². The first-order chi connectivity index (χ1) is 9.52. The van der Waals surface area contributed by atoms with Crippen molar-refractivity contribution in [3.8, 4) is 0 Å². The van der Waals surface area contributed by atoms with Crippen LogP contribution in [0.2, 0.25) is 0 Å². The zero-order valence-corrected chi connectivity index (χ0v) is 12.7. The molecule has 2 rings (SSSR count). The summed E-state index contributed by atoms with van der Waals surface area (Å²) < 4.78 is 0. The van der Waals surface area contributed by atoms with Gasteiger partial charge in [-0.15, -0.1) is 0 Å². The average Bonchev–Trinajstić information content (AvgIpc) is 2.47. The predicted octanol–water partition coefficient (Wildman–Crippen LogP) is 1.95. The highest BCUT2D eigenvalue weighted by molar-refractivity contribution is 5.95. The molecule has 1 saturated heterocycles. The fraction of sp³-hybridized carbons (Fsp3) is 0.562. The molecule has 1 fully saturated rings. The molecular formula is C16H25N3O. The Morgan fingerprint density at radius 3 is 2.85 bits per heavy atom. The number of nitrogens with zero attached hydrogens (tertiary/aromatic N) is 2. The lowest BCUT2D eigenvalue weighted by atomic mass is 9.90. The zero-order chi connectivity index (χ0) is 14.7. The lowest BCUT2D eigenvalue weighted by Crippen LogP contribution is -2.49. The summed E-state index contributed by atoms with van der Waals surface area (Å²) in [6.07, 6.45) is 1.93. The van der Waals surface area contributed by atoms with Crippen molar-refractivity contribution in [1.29, 1.82) is 0 Å². The second-order valence-corrected chi connectivity index (χ2v) is 5.82. The van der Waals surface area contributed by atoms with E-state index in [1.54, 1.807) is 0 Å². The molecule has 1 aliphatic rings. The first-order valence-electron chi connectivity index (χ1n) is 7.35. The van der Waals surface area contributed by atoms with Crippen molar-refractivity contribution >= 4 is 11.6 Å². The molecule has 1 aliphatic heterocycles. The van der Waals surface area contributed by atoms with E-state index in [2.05, 4.69) is 6.92 Å². The number of rotatable bonds is 3. The summed E-state index contributed by atoms with van der Waals surface area (Å²) in [5.74, 6) is 0.545. The third kappa shape index (κ3) is 3.12. The third-order valence-corrected chi connectivity index (χ3v) is 4.21. The Bertz CT molecular complexity index is 473. The molecule has 2 atom stereocenters. The number of likely N-dealkylation sites (tertiary alicyclic amines) is 1. The van der Waals surface area contributed by atoms with Gasteiger partial charge >= 0.3 is 0 Å². The maximum absolute atomic E-state index is 12.6. The Morgan fingerprint density at radius 2 is 2.20 bits per heavy atom. The summed E-state index contributed by atoms with van der Waals surface area (Å²) >= 11 is 0. The number of hydrogen-bond acceptors (Lipinski definition) is 3. The number of carbonyl (C=O) groups excluding carboxylic acids is 1. The Hall–Kier alpha value is -1.55. The number of amides is 1. The molecule has 0 aliphatic carbocycles. The Balaban J connectivity index is 2.13. The van der Waals surface area contributed by atoms with Crippen LogP contribution in [0.3, 0.4) is 0 Å². The molecule has 4 heteroatoms. The number of nitrogens with two attached hydrogens (primary N) is 1. The SMILES string of the molecule is CCC1CN(C(=O)c2cccc(N(C)C)c2)CCC1N. The van der Waals surface area contributed by atoms with Crippen molar-refractivity contribution < 1.29 is 4.79 Å². The highest BCUT2D eigenvalue weighted by atomic mass is 16.2. The van der Waals surface area contributed by atoms with Crippen molar-refractivity contribution in [3.05, 3.63) is 29.8 Å². The van der Waals surface area contributed by atoms with Crippen LogP contribution in [0.1, 0.15) is 30.1 Å². The van der Waals surface area contributed by atoms with Gasteiger partial charge in [-0.3, -0.25) is 4.79 Å². The molecule has 1 aromatic rings. The van der Waals surface area contributed by atoms with E-state index in [9.17, 15) is 4.79 Å². The van der Waals surface area contributed by atoms with Crippen LogP contribution in [-0.2, 0) is 0 Å². The Labute approximate surface area is 121 Å². The van der Waals surface area contributed by atoms with Gasteiger partial charge in [-0.2, -0.15) is 0 Å².